The number of methoxy groups -OCH3 is 1. The Morgan fingerprint density at radius 3 is 2.56 bits per heavy atom. The van der Waals surface area contributed by atoms with Crippen LogP contribution in [0.1, 0.15) is 24.7 Å². The fourth-order valence-electron chi connectivity index (χ4n) is 4.16. The van der Waals surface area contributed by atoms with Crippen molar-refractivity contribution >= 4 is 16.7 Å². The third kappa shape index (κ3) is 4.61. The van der Waals surface area contributed by atoms with Gasteiger partial charge in [0.25, 0.3) is 0 Å². The first-order valence-electron chi connectivity index (χ1n) is 10.8. The molecule has 0 spiro atoms. The zero-order chi connectivity index (χ0) is 23.7. The Bertz CT molecular complexity index is 1300. The van der Waals surface area contributed by atoms with Gasteiger partial charge in [0.15, 0.2) is 0 Å². The van der Waals surface area contributed by atoms with E-state index in [0.29, 0.717) is 11.5 Å². The standard InChI is InChI=1S/C24H21F3N4O3/c1-32-19-7-3-4-15-8-9-20(28-21(15)19)31-12-10-16(11-13-31)23-29-22(30-34-23)17-5-2-6-18(14-17)33-24(25,26)27/h2-9,14,16H,10-13H2,1H3. The summed E-state index contributed by atoms with van der Waals surface area (Å²) in [5, 5.41) is 4.98. The van der Waals surface area contributed by atoms with Crippen LogP contribution in [0.5, 0.6) is 11.5 Å². The number of halogens is 3. The van der Waals surface area contributed by atoms with Crippen LogP contribution in [0.3, 0.4) is 0 Å². The number of fused-ring (bicyclic) bond motifs is 1. The zero-order valence-corrected chi connectivity index (χ0v) is 18.2. The lowest BCUT2D eigenvalue weighted by Crippen LogP contribution is -2.33. The SMILES string of the molecule is COc1cccc2ccc(N3CCC(c4nc(-c5cccc(OC(F)(F)F)c5)no4)CC3)nc12. The van der Waals surface area contributed by atoms with Crippen molar-refractivity contribution in [3.05, 3.63) is 60.5 Å². The molecule has 0 radical (unpaired) electrons. The Labute approximate surface area is 193 Å². The number of hydrogen-bond donors (Lipinski definition) is 0. The van der Waals surface area contributed by atoms with Crippen LogP contribution < -0.4 is 14.4 Å². The predicted octanol–water partition coefficient (Wildman–Crippen LogP) is 5.58. The van der Waals surface area contributed by atoms with Gasteiger partial charge in [-0.3, -0.25) is 0 Å². The van der Waals surface area contributed by atoms with Gasteiger partial charge in [0.05, 0.1) is 7.11 Å². The van der Waals surface area contributed by atoms with Crippen molar-refractivity contribution in [2.75, 3.05) is 25.1 Å². The molecule has 0 saturated carbocycles. The molecule has 34 heavy (non-hydrogen) atoms. The number of pyridine rings is 1. The van der Waals surface area contributed by atoms with Crippen molar-refractivity contribution < 1.29 is 27.2 Å². The average Bonchev–Trinajstić information content (AvgIpc) is 3.33. The van der Waals surface area contributed by atoms with E-state index in [2.05, 4.69) is 19.8 Å². The maximum atomic E-state index is 12.5. The highest BCUT2D eigenvalue weighted by atomic mass is 19.4. The first kappa shape index (κ1) is 22.0. The molecule has 10 heteroatoms. The van der Waals surface area contributed by atoms with Gasteiger partial charge in [0.1, 0.15) is 22.8 Å². The normalized spacial score (nSPS) is 15.0. The minimum absolute atomic E-state index is 0.0575. The molecule has 0 bridgehead atoms. The quantitative estimate of drug-likeness (QED) is 0.377. The first-order valence-corrected chi connectivity index (χ1v) is 10.8. The second-order valence-electron chi connectivity index (χ2n) is 7.99. The highest BCUT2D eigenvalue weighted by molar-refractivity contribution is 5.86. The molecule has 0 N–H and O–H groups in total. The Morgan fingerprint density at radius 1 is 1.00 bits per heavy atom. The third-order valence-corrected chi connectivity index (χ3v) is 5.82. The Morgan fingerprint density at radius 2 is 1.79 bits per heavy atom. The molecule has 176 valence electrons. The highest BCUT2D eigenvalue weighted by Gasteiger charge is 2.31. The van der Waals surface area contributed by atoms with E-state index in [1.54, 1.807) is 13.2 Å². The number of aromatic nitrogens is 3. The summed E-state index contributed by atoms with van der Waals surface area (Å²) in [5.41, 5.74) is 1.21. The minimum atomic E-state index is -4.76. The van der Waals surface area contributed by atoms with Crippen LogP contribution in [0.4, 0.5) is 19.0 Å². The number of hydrogen-bond acceptors (Lipinski definition) is 7. The van der Waals surface area contributed by atoms with E-state index in [1.165, 1.54) is 18.2 Å². The third-order valence-electron chi connectivity index (χ3n) is 5.82. The van der Waals surface area contributed by atoms with E-state index >= 15 is 0 Å². The molecule has 2 aromatic carbocycles. The summed E-state index contributed by atoms with van der Waals surface area (Å²) in [6.45, 7) is 1.51. The molecule has 1 aliphatic rings. The smallest absolute Gasteiger partial charge is 0.494 e. The fourth-order valence-corrected chi connectivity index (χ4v) is 4.16. The average molecular weight is 470 g/mol. The molecule has 2 aromatic heterocycles. The van der Waals surface area contributed by atoms with Crippen molar-refractivity contribution in [2.24, 2.45) is 0 Å². The van der Waals surface area contributed by atoms with Gasteiger partial charge in [-0.15, -0.1) is 13.2 Å². The Hall–Kier alpha value is -3.82. The summed E-state index contributed by atoms with van der Waals surface area (Å²) < 4.78 is 52.4. The molecule has 1 fully saturated rings. The van der Waals surface area contributed by atoms with Crippen molar-refractivity contribution in [2.45, 2.75) is 25.1 Å². The van der Waals surface area contributed by atoms with E-state index in [1.807, 2.05) is 30.3 Å². The molecule has 0 unspecified atom stereocenters. The summed E-state index contributed by atoms with van der Waals surface area (Å²) in [4.78, 5) is 11.4. The molecule has 0 atom stereocenters. The van der Waals surface area contributed by atoms with E-state index in [9.17, 15) is 13.2 Å². The number of nitrogens with zero attached hydrogens (tertiary/aromatic N) is 4. The molecule has 0 aliphatic carbocycles. The van der Waals surface area contributed by atoms with Crippen LogP contribution in [0.15, 0.2) is 59.1 Å². The van der Waals surface area contributed by atoms with Crippen LogP contribution >= 0.6 is 0 Å². The molecule has 7 nitrogen and oxygen atoms in total. The molecule has 5 rings (SSSR count). The molecule has 0 amide bonds. The van der Waals surface area contributed by atoms with Crippen LogP contribution in [-0.4, -0.2) is 41.7 Å². The maximum Gasteiger partial charge on any atom is 0.573 e. The van der Waals surface area contributed by atoms with E-state index in [-0.39, 0.29) is 17.5 Å². The van der Waals surface area contributed by atoms with Gasteiger partial charge < -0.3 is 18.9 Å². The van der Waals surface area contributed by atoms with E-state index in [0.717, 1.165) is 48.4 Å². The molecular formula is C24H21F3N4O3. The second-order valence-corrected chi connectivity index (χ2v) is 7.99. The lowest BCUT2D eigenvalue weighted by molar-refractivity contribution is -0.274. The number of anilines is 1. The van der Waals surface area contributed by atoms with Gasteiger partial charge >= 0.3 is 6.36 Å². The largest absolute Gasteiger partial charge is 0.573 e. The molecule has 4 aromatic rings. The molecular weight excluding hydrogens is 449 g/mol. The van der Waals surface area contributed by atoms with E-state index < -0.39 is 6.36 Å². The van der Waals surface area contributed by atoms with Crippen molar-refractivity contribution in [1.29, 1.82) is 0 Å². The van der Waals surface area contributed by atoms with Crippen LogP contribution in [0.25, 0.3) is 22.3 Å². The summed E-state index contributed by atoms with van der Waals surface area (Å²) >= 11 is 0. The second kappa shape index (κ2) is 8.85. The molecule has 3 heterocycles. The van der Waals surface area contributed by atoms with Gasteiger partial charge in [-0.2, -0.15) is 4.98 Å². The minimum Gasteiger partial charge on any atom is -0.494 e. The van der Waals surface area contributed by atoms with Crippen molar-refractivity contribution in [1.82, 2.24) is 15.1 Å². The number of benzene rings is 2. The number of ether oxygens (including phenoxy) is 2. The summed E-state index contributed by atoms with van der Waals surface area (Å²) in [7, 11) is 1.63. The summed E-state index contributed by atoms with van der Waals surface area (Å²) in [5.74, 6) is 2.05. The van der Waals surface area contributed by atoms with Gasteiger partial charge in [-0.05, 0) is 43.2 Å². The number of alkyl halides is 3. The van der Waals surface area contributed by atoms with Gasteiger partial charge in [-0.1, -0.05) is 29.4 Å². The van der Waals surface area contributed by atoms with Crippen LogP contribution in [0, 0.1) is 0 Å². The predicted molar refractivity (Wildman–Crippen MR) is 119 cm³/mol. The number of piperidine rings is 1. The van der Waals surface area contributed by atoms with Crippen molar-refractivity contribution in [3.63, 3.8) is 0 Å². The van der Waals surface area contributed by atoms with Crippen LogP contribution in [0.2, 0.25) is 0 Å². The highest BCUT2D eigenvalue weighted by Crippen LogP contribution is 2.33. The molecule has 1 saturated heterocycles. The lowest BCUT2D eigenvalue weighted by Gasteiger charge is -2.31. The van der Waals surface area contributed by atoms with Gasteiger partial charge in [0.2, 0.25) is 11.7 Å². The van der Waals surface area contributed by atoms with Crippen LogP contribution in [-0.2, 0) is 0 Å². The van der Waals surface area contributed by atoms with Gasteiger partial charge in [-0.25, -0.2) is 4.98 Å². The fraction of sp³-hybridized carbons (Fsp3) is 0.292. The Balaban J connectivity index is 1.27. The molecule has 1 aliphatic heterocycles. The van der Waals surface area contributed by atoms with Gasteiger partial charge in [0, 0.05) is 30.0 Å². The first-order chi connectivity index (χ1) is 16.4. The maximum absolute atomic E-state index is 12.5. The number of rotatable bonds is 5. The summed E-state index contributed by atoms with van der Waals surface area (Å²) in [6.07, 6.45) is -3.20. The zero-order valence-electron chi connectivity index (χ0n) is 18.2. The number of para-hydroxylation sites is 1. The Kier molecular flexibility index (Phi) is 5.72. The summed E-state index contributed by atoms with van der Waals surface area (Å²) in [6, 6.07) is 15.4. The van der Waals surface area contributed by atoms with Crippen molar-refractivity contribution in [3.8, 4) is 22.9 Å². The lowest BCUT2D eigenvalue weighted by atomic mass is 9.96. The monoisotopic (exact) mass is 470 g/mol. The van der Waals surface area contributed by atoms with E-state index in [4.69, 9.17) is 14.2 Å². The topological polar surface area (TPSA) is 73.5 Å².